The lowest BCUT2D eigenvalue weighted by Crippen LogP contribution is -2.39. The molecule has 1 unspecified atom stereocenters. The molecule has 25 heavy (non-hydrogen) atoms. The molecule has 0 N–H and O–H groups in total. The molecule has 3 nitrogen and oxygen atoms in total. The molecule has 1 aromatic carbocycles. The lowest BCUT2D eigenvalue weighted by molar-refractivity contribution is -0.142. The molecule has 3 rings (SSSR count). The van der Waals surface area contributed by atoms with E-state index in [-0.39, 0.29) is 16.9 Å². The minimum absolute atomic E-state index is 0.0816. The first-order valence-corrected chi connectivity index (χ1v) is 10.2. The minimum atomic E-state index is -4.37. The van der Waals surface area contributed by atoms with Crippen LogP contribution in [-0.2, 0) is 10.0 Å². The van der Waals surface area contributed by atoms with Crippen LogP contribution >= 0.6 is 0 Å². The standard InChI is InChI=1S/C18H24F3NO2S/c1-14-5-7-16(8-6-14)25(23,24)22-13-17(9-3-2-4-10-17)11-15(22)12-18(19,20)21/h5-8,15H,2-4,9-13H2,1H3. The second-order valence-electron chi connectivity index (χ2n) is 7.60. The topological polar surface area (TPSA) is 37.4 Å². The lowest BCUT2D eigenvalue weighted by atomic mass is 9.72. The molecule has 2 fully saturated rings. The molecule has 140 valence electrons. The molecule has 7 heteroatoms. The van der Waals surface area contributed by atoms with Crippen LogP contribution in [0.2, 0.25) is 0 Å². The van der Waals surface area contributed by atoms with Crippen molar-refractivity contribution in [3.05, 3.63) is 29.8 Å². The molecule has 1 spiro atoms. The van der Waals surface area contributed by atoms with E-state index in [0.717, 1.165) is 42.0 Å². The molecular weight excluding hydrogens is 351 g/mol. The second-order valence-corrected chi connectivity index (χ2v) is 9.49. The first-order valence-electron chi connectivity index (χ1n) is 8.77. The molecule has 1 saturated heterocycles. The number of alkyl halides is 3. The highest BCUT2D eigenvalue weighted by Gasteiger charge is 2.51. The quantitative estimate of drug-likeness (QED) is 0.770. The van der Waals surface area contributed by atoms with Gasteiger partial charge in [-0.05, 0) is 43.7 Å². The van der Waals surface area contributed by atoms with Crippen LogP contribution in [-0.4, -0.2) is 31.5 Å². The number of nitrogens with zero attached hydrogens (tertiary/aromatic N) is 1. The van der Waals surface area contributed by atoms with Crippen LogP contribution in [0.15, 0.2) is 29.2 Å². The maximum atomic E-state index is 13.1. The van der Waals surface area contributed by atoms with E-state index in [0.29, 0.717) is 6.42 Å². The van der Waals surface area contributed by atoms with Crippen LogP contribution in [0.25, 0.3) is 0 Å². The largest absolute Gasteiger partial charge is 0.390 e. The average Bonchev–Trinajstić information content (AvgIpc) is 2.85. The average molecular weight is 375 g/mol. The van der Waals surface area contributed by atoms with Gasteiger partial charge < -0.3 is 0 Å². The zero-order valence-electron chi connectivity index (χ0n) is 14.3. The number of aryl methyl sites for hydroxylation is 1. The Hall–Kier alpha value is -1.08. The van der Waals surface area contributed by atoms with E-state index in [1.165, 1.54) is 12.1 Å². The predicted octanol–water partition coefficient (Wildman–Crippen LogP) is 4.66. The molecule has 1 saturated carbocycles. The first kappa shape index (κ1) is 18.7. The second kappa shape index (κ2) is 6.58. The molecule has 1 atom stereocenters. The van der Waals surface area contributed by atoms with Crippen LogP contribution < -0.4 is 0 Å². The van der Waals surface area contributed by atoms with Gasteiger partial charge in [-0.25, -0.2) is 8.42 Å². The maximum Gasteiger partial charge on any atom is 0.390 e. The van der Waals surface area contributed by atoms with Crippen molar-refractivity contribution in [2.45, 2.75) is 69.0 Å². The summed E-state index contributed by atoms with van der Waals surface area (Å²) in [6.45, 7) is 2.06. The summed E-state index contributed by atoms with van der Waals surface area (Å²) in [6.07, 6.45) is -0.462. The van der Waals surface area contributed by atoms with Gasteiger partial charge in [-0.15, -0.1) is 0 Å². The Labute approximate surface area is 147 Å². The van der Waals surface area contributed by atoms with Crippen LogP contribution in [0.3, 0.4) is 0 Å². The molecule has 2 aliphatic rings. The Kier molecular flexibility index (Phi) is 4.92. The Morgan fingerprint density at radius 2 is 1.72 bits per heavy atom. The van der Waals surface area contributed by atoms with E-state index in [4.69, 9.17) is 0 Å². The Morgan fingerprint density at radius 1 is 1.12 bits per heavy atom. The van der Waals surface area contributed by atoms with Crippen molar-refractivity contribution in [2.75, 3.05) is 6.54 Å². The molecule has 1 aromatic rings. The molecule has 1 heterocycles. The number of hydrogen-bond acceptors (Lipinski definition) is 2. The lowest BCUT2D eigenvalue weighted by Gasteiger charge is -2.33. The Morgan fingerprint density at radius 3 is 2.28 bits per heavy atom. The molecule has 1 aliphatic heterocycles. The molecule has 0 aromatic heterocycles. The molecule has 0 amide bonds. The molecular formula is C18H24F3NO2S. The summed E-state index contributed by atoms with van der Waals surface area (Å²) >= 11 is 0. The van der Waals surface area contributed by atoms with Gasteiger partial charge in [0.1, 0.15) is 0 Å². The summed E-state index contributed by atoms with van der Waals surface area (Å²) in [5.41, 5.74) is 0.627. The van der Waals surface area contributed by atoms with Gasteiger partial charge >= 0.3 is 6.18 Å². The highest BCUT2D eigenvalue weighted by Crippen LogP contribution is 2.49. The van der Waals surface area contributed by atoms with Gasteiger partial charge in [0.25, 0.3) is 0 Å². The van der Waals surface area contributed by atoms with Gasteiger partial charge in [-0.1, -0.05) is 37.0 Å². The van der Waals surface area contributed by atoms with Crippen LogP contribution in [0.4, 0.5) is 13.2 Å². The highest BCUT2D eigenvalue weighted by atomic mass is 32.2. The monoisotopic (exact) mass is 375 g/mol. The van der Waals surface area contributed by atoms with E-state index < -0.39 is 28.7 Å². The number of benzene rings is 1. The van der Waals surface area contributed by atoms with Gasteiger partial charge in [0.05, 0.1) is 11.3 Å². The van der Waals surface area contributed by atoms with E-state index in [2.05, 4.69) is 0 Å². The number of rotatable bonds is 3. The normalized spacial score (nSPS) is 24.7. The summed E-state index contributed by atoms with van der Waals surface area (Å²) in [7, 11) is -3.92. The van der Waals surface area contributed by atoms with Gasteiger partial charge in [-0.2, -0.15) is 17.5 Å². The van der Waals surface area contributed by atoms with Crippen molar-refractivity contribution < 1.29 is 21.6 Å². The Bertz CT molecular complexity index is 707. The summed E-state index contributed by atoms with van der Waals surface area (Å²) in [5.74, 6) is 0. The minimum Gasteiger partial charge on any atom is -0.207 e. The third-order valence-electron chi connectivity index (χ3n) is 5.58. The number of sulfonamides is 1. The summed E-state index contributed by atoms with van der Waals surface area (Å²) in [6, 6.07) is 5.34. The van der Waals surface area contributed by atoms with Crippen molar-refractivity contribution in [3.63, 3.8) is 0 Å². The van der Waals surface area contributed by atoms with Crippen LogP contribution in [0.1, 0.15) is 50.5 Å². The third-order valence-corrected chi connectivity index (χ3v) is 7.49. The molecule has 0 bridgehead atoms. The number of hydrogen-bond donors (Lipinski definition) is 0. The maximum absolute atomic E-state index is 13.1. The van der Waals surface area contributed by atoms with E-state index >= 15 is 0 Å². The van der Waals surface area contributed by atoms with Crippen molar-refractivity contribution in [1.82, 2.24) is 4.31 Å². The summed E-state index contributed by atoms with van der Waals surface area (Å²) < 4.78 is 66.4. The van der Waals surface area contributed by atoms with Crippen LogP contribution in [0, 0.1) is 12.3 Å². The van der Waals surface area contributed by atoms with Crippen molar-refractivity contribution >= 4 is 10.0 Å². The SMILES string of the molecule is Cc1ccc(S(=O)(=O)N2CC3(CCCCC3)CC2CC(F)(F)F)cc1. The van der Waals surface area contributed by atoms with Crippen molar-refractivity contribution in [3.8, 4) is 0 Å². The van der Waals surface area contributed by atoms with E-state index in [9.17, 15) is 21.6 Å². The van der Waals surface area contributed by atoms with E-state index in [1.54, 1.807) is 12.1 Å². The van der Waals surface area contributed by atoms with Gasteiger partial charge in [0.2, 0.25) is 10.0 Å². The fraction of sp³-hybridized carbons (Fsp3) is 0.667. The number of halogens is 3. The fourth-order valence-corrected chi connectivity index (χ4v) is 6.09. The van der Waals surface area contributed by atoms with Gasteiger partial charge in [0.15, 0.2) is 0 Å². The van der Waals surface area contributed by atoms with Crippen molar-refractivity contribution in [2.24, 2.45) is 5.41 Å². The van der Waals surface area contributed by atoms with Gasteiger partial charge in [-0.3, -0.25) is 0 Å². The third kappa shape index (κ3) is 4.03. The zero-order chi connectivity index (χ0) is 18.3. The molecule has 0 radical (unpaired) electrons. The Balaban J connectivity index is 1.93. The smallest absolute Gasteiger partial charge is 0.207 e. The van der Waals surface area contributed by atoms with E-state index in [1.807, 2.05) is 6.92 Å². The zero-order valence-corrected chi connectivity index (χ0v) is 15.2. The fourth-order valence-electron chi connectivity index (χ4n) is 4.36. The first-order chi connectivity index (χ1) is 11.6. The van der Waals surface area contributed by atoms with Gasteiger partial charge in [0, 0.05) is 12.6 Å². The predicted molar refractivity (Wildman–Crippen MR) is 89.7 cm³/mol. The highest BCUT2D eigenvalue weighted by molar-refractivity contribution is 7.89. The van der Waals surface area contributed by atoms with Crippen LogP contribution in [0.5, 0.6) is 0 Å². The molecule has 1 aliphatic carbocycles. The summed E-state index contributed by atoms with van der Waals surface area (Å²) in [4.78, 5) is 0.0816. The van der Waals surface area contributed by atoms with Crippen molar-refractivity contribution in [1.29, 1.82) is 0 Å². The summed E-state index contributed by atoms with van der Waals surface area (Å²) in [5, 5.41) is 0.